The number of thiophene rings is 2. The summed E-state index contributed by atoms with van der Waals surface area (Å²) in [5.74, 6) is -0.256. The molecular formula is C22H20N4O2S3. The first-order chi connectivity index (χ1) is 15.0. The highest BCUT2D eigenvalue weighted by atomic mass is 32.2. The average molecular weight is 469 g/mol. The molecule has 4 rings (SSSR count). The number of nitrogens with zero attached hydrogens (tertiary/aromatic N) is 1. The Labute approximate surface area is 192 Å². The van der Waals surface area contributed by atoms with E-state index in [0.29, 0.717) is 16.5 Å². The van der Waals surface area contributed by atoms with Crippen molar-refractivity contribution in [2.24, 2.45) is 0 Å². The van der Waals surface area contributed by atoms with Crippen molar-refractivity contribution >= 4 is 57.6 Å². The zero-order valence-corrected chi connectivity index (χ0v) is 19.3. The predicted octanol–water partition coefficient (Wildman–Crippen LogP) is 5.94. The van der Waals surface area contributed by atoms with Gasteiger partial charge < -0.3 is 15.6 Å². The number of rotatable bonds is 7. The molecule has 0 saturated heterocycles. The van der Waals surface area contributed by atoms with Crippen LogP contribution in [0.15, 0.2) is 64.4 Å². The van der Waals surface area contributed by atoms with Gasteiger partial charge in [-0.05, 0) is 54.1 Å². The third-order valence-corrected chi connectivity index (χ3v) is 7.08. The Morgan fingerprint density at radius 1 is 0.968 bits per heavy atom. The van der Waals surface area contributed by atoms with Crippen molar-refractivity contribution in [3.8, 4) is 21.1 Å². The molecule has 0 saturated carbocycles. The maximum absolute atomic E-state index is 12.7. The molecule has 0 aliphatic carbocycles. The highest BCUT2D eigenvalue weighted by Gasteiger charge is 2.20. The van der Waals surface area contributed by atoms with E-state index in [0.717, 1.165) is 21.1 Å². The lowest BCUT2D eigenvalue weighted by molar-refractivity contribution is -0.115. The summed E-state index contributed by atoms with van der Waals surface area (Å²) in [6.07, 6.45) is 0. The molecule has 6 nitrogen and oxygen atoms in total. The molecule has 0 bridgehead atoms. The van der Waals surface area contributed by atoms with Crippen molar-refractivity contribution in [1.29, 1.82) is 0 Å². The maximum Gasteiger partial charge on any atom is 0.237 e. The molecule has 3 N–H and O–H groups in total. The Morgan fingerprint density at radius 2 is 1.58 bits per heavy atom. The Bertz CT molecular complexity index is 1110. The van der Waals surface area contributed by atoms with Crippen LogP contribution in [0.25, 0.3) is 21.1 Å². The van der Waals surface area contributed by atoms with E-state index in [1.165, 1.54) is 18.7 Å². The summed E-state index contributed by atoms with van der Waals surface area (Å²) in [5.41, 5.74) is 3.23. The number of hydrogen-bond acceptors (Lipinski definition) is 6. The topological polar surface area (TPSA) is 86.9 Å². The fourth-order valence-corrected chi connectivity index (χ4v) is 5.16. The quantitative estimate of drug-likeness (QED) is 0.293. The van der Waals surface area contributed by atoms with Crippen molar-refractivity contribution in [2.75, 3.05) is 10.6 Å². The number of thioether (sulfide) groups is 1. The molecular weight excluding hydrogens is 448 g/mol. The summed E-state index contributed by atoms with van der Waals surface area (Å²) in [5, 5.41) is 10.0. The predicted molar refractivity (Wildman–Crippen MR) is 130 cm³/mol. The van der Waals surface area contributed by atoms with Crippen LogP contribution in [0.4, 0.5) is 11.4 Å². The molecule has 0 fully saturated rings. The Hall–Kier alpha value is -2.88. The first-order valence-corrected chi connectivity index (χ1v) is 12.2. The Balaban J connectivity index is 1.47. The molecule has 158 valence electrons. The second-order valence-electron chi connectivity index (χ2n) is 6.73. The fraction of sp³-hybridized carbons (Fsp3) is 0.136. The molecule has 31 heavy (non-hydrogen) atoms. The molecule has 0 aliphatic rings. The molecule has 2 amide bonds. The minimum Gasteiger partial charge on any atom is -0.332 e. The number of aromatic nitrogens is 2. The molecule has 9 heteroatoms. The van der Waals surface area contributed by atoms with Crippen LogP contribution in [0.3, 0.4) is 0 Å². The summed E-state index contributed by atoms with van der Waals surface area (Å²) >= 11 is 4.68. The molecule has 4 aromatic rings. The summed E-state index contributed by atoms with van der Waals surface area (Å²) in [6.45, 7) is 3.31. The van der Waals surface area contributed by atoms with E-state index in [1.807, 2.05) is 35.9 Å². The molecule has 1 atom stereocenters. The van der Waals surface area contributed by atoms with E-state index in [1.54, 1.807) is 46.9 Å². The lowest BCUT2D eigenvalue weighted by atomic mass is 10.2. The van der Waals surface area contributed by atoms with E-state index in [2.05, 4.69) is 21.7 Å². The normalized spacial score (nSPS) is 11.8. The van der Waals surface area contributed by atoms with E-state index < -0.39 is 0 Å². The third kappa shape index (κ3) is 5.25. The van der Waals surface area contributed by atoms with Crippen molar-refractivity contribution < 1.29 is 9.59 Å². The zero-order valence-electron chi connectivity index (χ0n) is 16.8. The Kier molecular flexibility index (Phi) is 6.55. The molecule has 1 aromatic carbocycles. The van der Waals surface area contributed by atoms with Crippen molar-refractivity contribution in [3.63, 3.8) is 0 Å². The molecule has 0 aliphatic heterocycles. The number of H-pyrrole nitrogens is 1. The van der Waals surface area contributed by atoms with Gasteiger partial charge in [0.25, 0.3) is 0 Å². The number of carbonyl (C=O) groups is 2. The lowest BCUT2D eigenvalue weighted by Crippen LogP contribution is -2.22. The second-order valence-corrected chi connectivity index (χ2v) is 9.95. The Morgan fingerprint density at radius 3 is 2.16 bits per heavy atom. The number of nitrogens with one attached hydrogen (secondary N) is 3. The SMILES string of the molecule is CC(=O)Nc1ccc(NC(=O)[C@H](C)Sc2nc(-c3cccs3)c(-c3cccs3)[nH]2)cc1. The first kappa shape index (κ1) is 21.4. The van der Waals surface area contributed by atoms with E-state index >= 15 is 0 Å². The monoisotopic (exact) mass is 468 g/mol. The van der Waals surface area contributed by atoms with Gasteiger partial charge in [0.05, 0.1) is 20.7 Å². The van der Waals surface area contributed by atoms with E-state index in [-0.39, 0.29) is 17.1 Å². The van der Waals surface area contributed by atoms with Gasteiger partial charge in [0.1, 0.15) is 5.69 Å². The van der Waals surface area contributed by atoms with Crippen molar-refractivity contribution in [1.82, 2.24) is 9.97 Å². The standard InChI is InChI=1S/C22H20N4O2S3/c1-13(21(28)24-16-9-7-15(8-10-16)23-14(2)27)31-22-25-19(17-5-3-11-29-17)20(26-22)18-6-4-12-30-18/h3-13H,1-2H3,(H,23,27)(H,24,28)(H,25,26)/t13-/m0/s1. The maximum atomic E-state index is 12.7. The highest BCUT2D eigenvalue weighted by Crippen LogP contribution is 2.37. The number of amides is 2. The molecule has 0 spiro atoms. The number of carbonyl (C=O) groups excluding carboxylic acids is 2. The zero-order chi connectivity index (χ0) is 21.8. The fourth-order valence-electron chi connectivity index (χ4n) is 2.90. The van der Waals surface area contributed by atoms with Gasteiger partial charge >= 0.3 is 0 Å². The van der Waals surface area contributed by atoms with E-state index in [9.17, 15) is 9.59 Å². The molecule has 0 radical (unpaired) electrons. The number of imidazole rings is 1. The third-order valence-electron chi connectivity index (χ3n) is 4.33. The number of anilines is 2. The number of hydrogen-bond donors (Lipinski definition) is 3. The lowest BCUT2D eigenvalue weighted by Gasteiger charge is -2.11. The van der Waals surface area contributed by atoms with Gasteiger partial charge in [-0.1, -0.05) is 23.9 Å². The van der Waals surface area contributed by atoms with Gasteiger partial charge in [0.2, 0.25) is 11.8 Å². The van der Waals surface area contributed by atoms with Crippen LogP contribution in [-0.2, 0) is 9.59 Å². The van der Waals surface area contributed by atoms with Crippen LogP contribution < -0.4 is 10.6 Å². The van der Waals surface area contributed by atoms with Gasteiger partial charge in [-0.15, -0.1) is 22.7 Å². The van der Waals surface area contributed by atoms with E-state index in [4.69, 9.17) is 4.98 Å². The number of aromatic amines is 1. The molecule has 3 aromatic heterocycles. The molecule has 0 unspecified atom stereocenters. The van der Waals surface area contributed by atoms with Crippen LogP contribution in [0, 0.1) is 0 Å². The van der Waals surface area contributed by atoms with Crippen molar-refractivity contribution in [3.05, 3.63) is 59.3 Å². The highest BCUT2D eigenvalue weighted by molar-refractivity contribution is 8.00. The van der Waals surface area contributed by atoms with Crippen molar-refractivity contribution in [2.45, 2.75) is 24.3 Å². The smallest absolute Gasteiger partial charge is 0.237 e. The largest absolute Gasteiger partial charge is 0.332 e. The van der Waals surface area contributed by atoms with Gasteiger partial charge in [-0.2, -0.15) is 0 Å². The van der Waals surface area contributed by atoms with Gasteiger partial charge in [-0.3, -0.25) is 9.59 Å². The van der Waals surface area contributed by atoms with Gasteiger partial charge in [-0.25, -0.2) is 4.98 Å². The van der Waals surface area contributed by atoms with Crippen LogP contribution in [0.5, 0.6) is 0 Å². The second kappa shape index (κ2) is 9.51. The molecule has 3 heterocycles. The van der Waals surface area contributed by atoms with Gasteiger partial charge in [0, 0.05) is 18.3 Å². The average Bonchev–Trinajstić information content (AvgIpc) is 3.50. The van der Waals surface area contributed by atoms with Crippen LogP contribution in [0.2, 0.25) is 0 Å². The summed E-state index contributed by atoms with van der Waals surface area (Å²) in [7, 11) is 0. The summed E-state index contributed by atoms with van der Waals surface area (Å²) in [4.78, 5) is 34.2. The summed E-state index contributed by atoms with van der Waals surface area (Å²) in [6, 6.07) is 15.2. The number of benzene rings is 1. The van der Waals surface area contributed by atoms with Crippen LogP contribution in [-0.4, -0.2) is 27.0 Å². The minimum atomic E-state index is -0.353. The first-order valence-electron chi connectivity index (χ1n) is 9.52. The minimum absolute atomic E-state index is 0.121. The summed E-state index contributed by atoms with van der Waals surface area (Å²) < 4.78 is 0. The van der Waals surface area contributed by atoms with Crippen LogP contribution >= 0.6 is 34.4 Å². The van der Waals surface area contributed by atoms with Gasteiger partial charge in [0.15, 0.2) is 5.16 Å². The van der Waals surface area contributed by atoms with Crippen LogP contribution in [0.1, 0.15) is 13.8 Å².